The van der Waals surface area contributed by atoms with E-state index in [0.717, 1.165) is 49.6 Å². The first-order valence-electron chi connectivity index (χ1n) is 6.48. The largest absolute Gasteiger partial charge is 0.395 e. The molecule has 5 nitrogen and oxygen atoms in total. The fourth-order valence-corrected chi connectivity index (χ4v) is 3.20. The molecule has 0 bridgehead atoms. The van der Waals surface area contributed by atoms with Crippen LogP contribution in [-0.2, 0) is 0 Å². The van der Waals surface area contributed by atoms with Crippen LogP contribution in [0.5, 0.6) is 0 Å². The lowest BCUT2D eigenvalue weighted by atomic mass is 10.2. The second-order valence-electron chi connectivity index (χ2n) is 4.93. The van der Waals surface area contributed by atoms with Crippen LogP contribution in [0.25, 0.3) is 0 Å². The summed E-state index contributed by atoms with van der Waals surface area (Å²) in [6, 6.07) is 0. The number of H-pyrrole nitrogens is 1. The highest BCUT2D eigenvalue weighted by Gasteiger charge is 2.31. The molecule has 1 saturated heterocycles. The molecule has 0 spiro atoms. The maximum absolute atomic E-state index is 12.4. The molecule has 0 unspecified atom stereocenters. The number of amides is 1. The zero-order valence-electron chi connectivity index (χ0n) is 10.3. The first-order valence-corrected chi connectivity index (χ1v) is 7.63. The van der Waals surface area contributed by atoms with E-state index in [9.17, 15) is 4.79 Å². The number of thioether (sulfide) groups is 1. The van der Waals surface area contributed by atoms with Crippen molar-refractivity contribution in [3.8, 4) is 0 Å². The van der Waals surface area contributed by atoms with Crippen LogP contribution in [0, 0.1) is 0 Å². The van der Waals surface area contributed by atoms with Gasteiger partial charge in [0.1, 0.15) is 0 Å². The smallest absolute Gasteiger partial charge is 0.276 e. The Morgan fingerprint density at radius 2 is 2.22 bits per heavy atom. The number of hydrogen-bond donors (Lipinski definition) is 2. The highest BCUT2D eigenvalue weighted by Crippen LogP contribution is 2.42. The first-order chi connectivity index (χ1) is 8.77. The third kappa shape index (κ3) is 2.21. The molecular weight excluding hydrogens is 248 g/mol. The van der Waals surface area contributed by atoms with Crippen LogP contribution in [0.1, 0.15) is 41.4 Å². The topological polar surface area (TPSA) is 75.0 Å². The molecule has 3 N–H and O–H groups in total. The first kappa shape index (κ1) is 11.9. The number of rotatable bonds is 2. The molecule has 98 valence electrons. The Hall–Kier alpha value is -1.17. The van der Waals surface area contributed by atoms with E-state index in [-0.39, 0.29) is 5.91 Å². The molecule has 2 aliphatic rings. The number of nitrogens with two attached hydrogens (primary N) is 1. The Morgan fingerprint density at radius 3 is 3.00 bits per heavy atom. The summed E-state index contributed by atoms with van der Waals surface area (Å²) in [5.74, 6) is 2.62. The number of nitrogens with zero attached hydrogens (tertiary/aromatic N) is 2. The Labute approximate surface area is 110 Å². The van der Waals surface area contributed by atoms with E-state index in [1.165, 1.54) is 0 Å². The van der Waals surface area contributed by atoms with Gasteiger partial charge in [-0.05, 0) is 25.0 Å². The van der Waals surface area contributed by atoms with Gasteiger partial charge in [-0.15, -0.1) is 0 Å². The van der Waals surface area contributed by atoms with Gasteiger partial charge >= 0.3 is 0 Å². The maximum atomic E-state index is 12.4. The van der Waals surface area contributed by atoms with Crippen LogP contribution in [0.2, 0.25) is 0 Å². The molecule has 0 aromatic carbocycles. The summed E-state index contributed by atoms with van der Waals surface area (Å²) >= 11 is 1.90. The summed E-state index contributed by atoms with van der Waals surface area (Å²) in [4.78, 5) is 14.3. The average Bonchev–Trinajstić information content (AvgIpc) is 3.17. The standard InChI is InChI=1S/C12H18N4OS/c13-9-10(8-2-3-8)14-15-11(9)12(17)16-4-1-6-18-7-5-16/h8H,1-7,13H2,(H,14,15). The molecule has 2 heterocycles. The molecule has 3 rings (SSSR count). The Balaban J connectivity index is 1.78. The molecule has 0 radical (unpaired) electrons. The molecule has 1 aliphatic carbocycles. The van der Waals surface area contributed by atoms with E-state index >= 15 is 0 Å². The predicted molar refractivity (Wildman–Crippen MR) is 72.8 cm³/mol. The van der Waals surface area contributed by atoms with Crippen LogP contribution < -0.4 is 5.73 Å². The Morgan fingerprint density at radius 1 is 1.39 bits per heavy atom. The van der Waals surface area contributed by atoms with Crippen molar-refractivity contribution in [1.29, 1.82) is 0 Å². The van der Waals surface area contributed by atoms with Crippen molar-refractivity contribution < 1.29 is 4.79 Å². The molecule has 1 saturated carbocycles. The van der Waals surface area contributed by atoms with E-state index in [2.05, 4.69) is 10.2 Å². The number of nitrogens with one attached hydrogen (secondary N) is 1. The normalized spacial score (nSPS) is 20.8. The summed E-state index contributed by atoms with van der Waals surface area (Å²) in [5.41, 5.74) is 7.99. The molecule has 1 aromatic heterocycles. The van der Waals surface area contributed by atoms with Gasteiger partial charge in [0.15, 0.2) is 5.69 Å². The van der Waals surface area contributed by atoms with E-state index in [4.69, 9.17) is 5.73 Å². The molecule has 1 aromatic rings. The number of aromatic amines is 1. The quantitative estimate of drug-likeness (QED) is 0.849. The lowest BCUT2D eigenvalue weighted by molar-refractivity contribution is 0.0763. The minimum absolute atomic E-state index is 0.0156. The van der Waals surface area contributed by atoms with E-state index < -0.39 is 0 Å². The van der Waals surface area contributed by atoms with Gasteiger partial charge < -0.3 is 10.6 Å². The van der Waals surface area contributed by atoms with Crippen LogP contribution in [0.3, 0.4) is 0 Å². The van der Waals surface area contributed by atoms with E-state index in [0.29, 0.717) is 17.3 Å². The van der Waals surface area contributed by atoms with Gasteiger partial charge in [0.25, 0.3) is 5.91 Å². The Kier molecular flexibility index (Phi) is 3.20. The number of carbonyl (C=O) groups is 1. The lowest BCUT2D eigenvalue weighted by Gasteiger charge is -2.18. The van der Waals surface area contributed by atoms with Gasteiger partial charge in [-0.1, -0.05) is 0 Å². The summed E-state index contributed by atoms with van der Waals surface area (Å²) < 4.78 is 0. The predicted octanol–water partition coefficient (Wildman–Crippen LogP) is 1.45. The van der Waals surface area contributed by atoms with Gasteiger partial charge in [0.2, 0.25) is 0 Å². The number of nitrogen functional groups attached to an aromatic ring is 1. The fraction of sp³-hybridized carbons (Fsp3) is 0.667. The maximum Gasteiger partial charge on any atom is 0.276 e. The monoisotopic (exact) mass is 266 g/mol. The molecule has 1 amide bonds. The van der Waals surface area contributed by atoms with Crippen molar-refractivity contribution in [2.24, 2.45) is 0 Å². The van der Waals surface area contributed by atoms with Crippen molar-refractivity contribution in [3.05, 3.63) is 11.4 Å². The molecular formula is C12H18N4OS. The highest BCUT2D eigenvalue weighted by atomic mass is 32.2. The van der Waals surface area contributed by atoms with Crippen molar-refractivity contribution in [2.45, 2.75) is 25.2 Å². The zero-order chi connectivity index (χ0) is 12.5. The minimum atomic E-state index is -0.0156. The summed E-state index contributed by atoms with van der Waals surface area (Å²) in [6.07, 6.45) is 3.36. The van der Waals surface area contributed by atoms with Crippen molar-refractivity contribution in [1.82, 2.24) is 15.1 Å². The lowest BCUT2D eigenvalue weighted by Crippen LogP contribution is -2.33. The summed E-state index contributed by atoms with van der Waals surface area (Å²) in [7, 11) is 0. The van der Waals surface area contributed by atoms with Gasteiger partial charge in [-0.25, -0.2) is 0 Å². The highest BCUT2D eigenvalue weighted by molar-refractivity contribution is 7.99. The number of carbonyl (C=O) groups excluding carboxylic acids is 1. The number of aromatic nitrogens is 2. The molecule has 6 heteroatoms. The van der Waals surface area contributed by atoms with E-state index in [1.54, 1.807) is 0 Å². The van der Waals surface area contributed by atoms with E-state index in [1.807, 2.05) is 16.7 Å². The number of anilines is 1. The van der Waals surface area contributed by atoms with Gasteiger partial charge in [-0.3, -0.25) is 9.89 Å². The molecule has 0 atom stereocenters. The zero-order valence-corrected chi connectivity index (χ0v) is 11.1. The average molecular weight is 266 g/mol. The van der Waals surface area contributed by atoms with Gasteiger partial charge in [0, 0.05) is 24.8 Å². The van der Waals surface area contributed by atoms with Crippen LogP contribution in [-0.4, -0.2) is 45.6 Å². The second-order valence-corrected chi connectivity index (χ2v) is 6.16. The second kappa shape index (κ2) is 4.84. The molecule has 2 fully saturated rings. The van der Waals surface area contributed by atoms with Crippen molar-refractivity contribution in [3.63, 3.8) is 0 Å². The summed E-state index contributed by atoms with van der Waals surface area (Å²) in [6.45, 7) is 1.62. The third-order valence-corrected chi connectivity index (χ3v) is 4.58. The Bertz CT molecular complexity index is 447. The van der Waals surface area contributed by atoms with Crippen molar-refractivity contribution in [2.75, 3.05) is 30.3 Å². The van der Waals surface area contributed by atoms with Crippen molar-refractivity contribution >= 4 is 23.4 Å². The van der Waals surface area contributed by atoms with Crippen LogP contribution >= 0.6 is 11.8 Å². The molecule has 1 aliphatic heterocycles. The SMILES string of the molecule is Nc1c(C(=O)N2CCCSCC2)n[nH]c1C1CC1. The summed E-state index contributed by atoms with van der Waals surface area (Å²) in [5, 5.41) is 7.08. The fourth-order valence-electron chi connectivity index (χ4n) is 2.31. The van der Waals surface area contributed by atoms with Gasteiger partial charge in [-0.2, -0.15) is 16.9 Å². The number of hydrogen-bond acceptors (Lipinski definition) is 4. The van der Waals surface area contributed by atoms with Gasteiger partial charge in [0.05, 0.1) is 11.4 Å². The van der Waals surface area contributed by atoms with Crippen LogP contribution in [0.4, 0.5) is 5.69 Å². The molecule has 18 heavy (non-hydrogen) atoms. The van der Waals surface area contributed by atoms with Crippen LogP contribution in [0.15, 0.2) is 0 Å². The third-order valence-electron chi connectivity index (χ3n) is 3.53. The minimum Gasteiger partial charge on any atom is -0.395 e.